The zero-order chi connectivity index (χ0) is 13.5. The highest BCUT2D eigenvalue weighted by Crippen LogP contribution is 2.44. The lowest BCUT2D eigenvalue weighted by molar-refractivity contribution is 0.0692. The fourth-order valence-corrected chi connectivity index (χ4v) is 3.76. The molecule has 1 aromatic rings. The summed E-state index contributed by atoms with van der Waals surface area (Å²) in [5.41, 5.74) is 10.1. The lowest BCUT2D eigenvalue weighted by atomic mass is 9.81. The van der Waals surface area contributed by atoms with Crippen molar-refractivity contribution in [2.75, 3.05) is 26.2 Å². The first-order chi connectivity index (χ1) is 9.17. The highest BCUT2D eigenvalue weighted by Gasteiger charge is 2.43. The molecule has 1 fully saturated rings. The minimum Gasteiger partial charge on any atom is -0.493 e. The molecule has 19 heavy (non-hydrogen) atoms. The number of rotatable bonds is 2. The number of aryl methyl sites for hydroxylation is 2. The van der Waals surface area contributed by atoms with E-state index in [2.05, 4.69) is 30.9 Å². The number of nitrogens with zero attached hydrogens (tertiary/aromatic N) is 1. The van der Waals surface area contributed by atoms with Crippen LogP contribution in [0.15, 0.2) is 12.1 Å². The van der Waals surface area contributed by atoms with Crippen LogP contribution in [-0.2, 0) is 5.54 Å². The summed E-state index contributed by atoms with van der Waals surface area (Å²) in [4.78, 5) is 2.59. The van der Waals surface area contributed by atoms with Gasteiger partial charge in [0.25, 0.3) is 0 Å². The van der Waals surface area contributed by atoms with Crippen molar-refractivity contribution in [1.29, 1.82) is 0 Å². The van der Waals surface area contributed by atoms with Gasteiger partial charge in [-0.2, -0.15) is 0 Å². The summed E-state index contributed by atoms with van der Waals surface area (Å²) in [6, 6.07) is 4.49. The number of hydrogen-bond acceptors (Lipinski definition) is 3. The molecule has 3 rings (SSSR count). The maximum absolute atomic E-state index is 6.24. The summed E-state index contributed by atoms with van der Waals surface area (Å²) in [6.07, 6.45) is 3.60. The predicted molar refractivity (Wildman–Crippen MR) is 77.6 cm³/mol. The molecule has 0 aromatic heterocycles. The van der Waals surface area contributed by atoms with Crippen LogP contribution in [-0.4, -0.2) is 31.1 Å². The van der Waals surface area contributed by atoms with Crippen LogP contribution in [0, 0.1) is 13.8 Å². The first-order valence-electron chi connectivity index (χ1n) is 7.37. The standard InChI is InChI=1S/C16H24N2O/c1-12-9-13(2)15-14(10-12)16(11-17,5-8-19-15)18-6-3-4-7-18/h9-10H,3-8,11,17H2,1-2H3. The lowest BCUT2D eigenvalue weighted by Gasteiger charge is -2.45. The average Bonchev–Trinajstić information content (AvgIpc) is 2.92. The smallest absolute Gasteiger partial charge is 0.127 e. The molecule has 0 aliphatic carbocycles. The van der Waals surface area contributed by atoms with Gasteiger partial charge in [-0.3, -0.25) is 4.90 Å². The van der Waals surface area contributed by atoms with Crippen LogP contribution >= 0.6 is 0 Å². The SMILES string of the molecule is Cc1cc(C)c2c(c1)C(CN)(N1CCCC1)CCO2. The van der Waals surface area contributed by atoms with Gasteiger partial charge in [-0.15, -0.1) is 0 Å². The fraction of sp³-hybridized carbons (Fsp3) is 0.625. The Labute approximate surface area is 115 Å². The Bertz CT molecular complexity index is 480. The fourth-order valence-electron chi connectivity index (χ4n) is 3.76. The minimum atomic E-state index is 0.000856. The third-order valence-corrected chi connectivity index (χ3v) is 4.73. The van der Waals surface area contributed by atoms with Gasteiger partial charge >= 0.3 is 0 Å². The van der Waals surface area contributed by atoms with E-state index < -0.39 is 0 Å². The van der Waals surface area contributed by atoms with Crippen molar-refractivity contribution in [3.8, 4) is 5.75 Å². The zero-order valence-electron chi connectivity index (χ0n) is 12.0. The van der Waals surface area contributed by atoms with Crippen LogP contribution in [0.4, 0.5) is 0 Å². The zero-order valence-corrected chi connectivity index (χ0v) is 12.0. The molecule has 0 radical (unpaired) electrons. The molecule has 2 N–H and O–H groups in total. The van der Waals surface area contributed by atoms with Crippen molar-refractivity contribution in [2.24, 2.45) is 5.73 Å². The Morgan fingerprint density at radius 1 is 1.26 bits per heavy atom. The molecule has 1 atom stereocenters. The molecule has 1 aromatic carbocycles. The van der Waals surface area contributed by atoms with Gasteiger partial charge in [-0.25, -0.2) is 0 Å². The van der Waals surface area contributed by atoms with Crippen molar-refractivity contribution in [2.45, 2.75) is 38.6 Å². The maximum atomic E-state index is 6.24. The lowest BCUT2D eigenvalue weighted by Crippen LogP contribution is -2.52. The van der Waals surface area contributed by atoms with E-state index >= 15 is 0 Å². The number of benzene rings is 1. The largest absolute Gasteiger partial charge is 0.493 e. The molecule has 0 amide bonds. The molecule has 0 spiro atoms. The Kier molecular flexibility index (Phi) is 3.27. The molecule has 0 saturated carbocycles. The quantitative estimate of drug-likeness (QED) is 0.887. The molecule has 3 heteroatoms. The van der Waals surface area contributed by atoms with E-state index in [9.17, 15) is 0 Å². The van der Waals surface area contributed by atoms with E-state index in [0.29, 0.717) is 6.54 Å². The molecule has 1 saturated heterocycles. The van der Waals surface area contributed by atoms with Gasteiger partial charge in [-0.1, -0.05) is 17.7 Å². The summed E-state index contributed by atoms with van der Waals surface area (Å²) in [5.74, 6) is 1.08. The summed E-state index contributed by atoms with van der Waals surface area (Å²) in [6.45, 7) is 8.11. The average molecular weight is 260 g/mol. The Morgan fingerprint density at radius 3 is 2.68 bits per heavy atom. The number of ether oxygens (including phenoxy) is 1. The van der Waals surface area contributed by atoms with Gasteiger partial charge < -0.3 is 10.5 Å². The molecule has 3 nitrogen and oxygen atoms in total. The molecule has 1 unspecified atom stereocenters. The van der Waals surface area contributed by atoms with Gasteiger partial charge in [0.15, 0.2) is 0 Å². The van der Waals surface area contributed by atoms with Crippen LogP contribution in [0.25, 0.3) is 0 Å². The van der Waals surface area contributed by atoms with E-state index in [0.717, 1.165) is 18.8 Å². The number of hydrogen-bond donors (Lipinski definition) is 1. The minimum absolute atomic E-state index is 0.000856. The highest BCUT2D eigenvalue weighted by atomic mass is 16.5. The van der Waals surface area contributed by atoms with Crippen molar-refractivity contribution >= 4 is 0 Å². The van der Waals surface area contributed by atoms with Gasteiger partial charge in [0.2, 0.25) is 0 Å². The molecule has 0 bridgehead atoms. The summed E-state index contributed by atoms with van der Waals surface area (Å²) in [5, 5.41) is 0. The second-order valence-corrected chi connectivity index (χ2v) is 5.99. The van der Waals surface area contributed by atoms with Crippen molar-refractivity contribution in [3.05, 3.63) is 28.8 Å². The molecule has 2 aliphatic heterocycles. The Hall–Kier alpha value is -1.06. The van der Waals surface area contributed by atoms with Crippen molar-refractivity contribution in [1.82, 2.24) is 4.90 Å². The van der Waals surface area contributed by atoms with Crippen LogP contribution in [0.5, 0.6) is 5.75 Å². The van der Waals surface area contributed by atoms with E-state index in [1.54, 1.807) is 0 Å². The second kappa shape index (κ2) is 4.80. The second-order valence-electron chi connectivity index (χ2n) is 5.99. The van der Waals surface area contributed by atoms with Crippen molar-refractivity contribution in [3.63, 3.8) is 0 Å². The number of nitrogens with two attached hydrogens (primary N) is 1. The third kappa shape index (κ3) is 1.96. The topological polar surface area (TPSA) is 38.5 Å². The summed E-state index contributed by atoms with van der Waals surface area (Å²) < 4.78 is 5.94. The van der Waals surface area contributed by atoms with Gasteiger partial charge in [0.1, 0.15) is 5.75 Å². The predicted octanol–water partition coefficient (Wildman–Crippen LogP) is 2.34. The molecular weight excluding hydrogens is 236 g/mol. The maximum Gasteiger partial charge on any atom is 0.127 e. The highest BCUT2D eigenvalue weighted by molar-refractivity contribution is 5.49. The van der Waals surface area contributed by atoms with Crippen LogP contribution in [0.3, 0.4) is 0 Å². The first-order valence-corrected chi connectivity index (χ1v) is 7.37. The Balaban J connectivity index is 2.13. The Morgan fingerprint density at radius 2 is 2.00 bits per heavy atom. The summed E-state index contributed by atoms with van der Waals surface area (Å²) in [7, 11) is 0. The summed E-state index contributed by atoms with van der Waals surface area (Å²) >= 11 is 0. The molecule has 2 heterocycles. The number of likely N-dealkylation sites (tertiary alicyclic amines) is 1. The van der Waals surface area contributed by atoms with Crippen molar-refractivity contribution < 1.29 is 4.74 Å². The third-order valence-electron chi connectivity index (χ3n) is 4.73. The van der Waals surface area contributed by atoms with E-state index in [1.807, 2.05) is 0 Å². The van der Waals surface area contributed by atoms with E-state index in [4.69, 9.17) is 10.5 Å². The number of fused-ring (bicyclic) bond motifs is 1. The van der Waals surface area contributed by atoms with E-state index in [-0.39, 0.29) is 5.54 Å². The first kappa shape index (κ1) is 12.9. The normalized spacial score (nSPS) is 27.1. The van der Waals surface area contributed by atoms with Crippen LogP contribution in [0.1, 0.15) is 36.0 Å². The van der Waals surface area contributed by atoms with E-state index in [1.165, 1.54) is 42.6 Å². The van der Waals surface area contributed by atoms with Gasteiger partial charge in [0.05, 0.1) is 12.1 Å². The van der Waals surface area contributed by atoms with Gasteiger partial charge in [-0.05, 0) is 45.3 Å². The molecule has 2 aliphatic rings. The van der Waals surface area contributed by atoms with Crippen LogP contribution < -0.4 is 10.5 Å². The van der Waals surface area contributed by atoms with Crippen LogP contribution in [0.2, 0.25) is 0 Å². The molecular formula is C16H24N2O. The monoisotopic (exact) mass is 260 g/mol. The molecule has 104 valence electrons. The van der Waals surface area contributed by atoms with Gasteiger partial charge in [0, 0.05) is 18.5 Å².